The van der Waals surface area contributed by atoms with Crippen molar-refractivity contribution in [2.24, 2.45) is 11.8 Å². The first kappa shape index (κ1) is 26.9. The van der Waals surface area contributed by atoms with Gasteiger partial charge in [-0.2, -0.15) is 0 Å². The van der Waals surface area contributed by atoms with Crippen LogP contribution in [0.1, 0.15) is 36.2 Å². The van der Waals surface area contributed by atoms with Gasteiger partial charge in [0.1, 0.15) is 28.6 Å². The van der Waals surface area contributed by atoms with Crippen LogP contribution in [-0.2, 0) is 25.5 Å². The molecule has 0 spiro atoms. The zero-order valence-corrected chi connectivity index (χ0v) is 23.5. The summed E-state index contributed by atoms with van der Waals surface area (Å²) in [5, 5.41) is 34.6. The number of aliphatic hydroxyl groups excluding tert-OH is 1. The fraction of sp³-hybridized carbons (Fsp3) is 0.552. The van der Waals surface area contributed by atoms with E-state index in [0.29, 0.717) is 17.4 Å². The van der Waals surface area contributed by atoms with Gasteiger partial charge in [-0.1, -0.05) is 0 Å². The average molecular weight is 554 g/mol. The zero-order valence-electron chi connectivity index (χ0n) is 23.5. The van der Waals surface area contributed by atoms with Crippen molar-refractivity contribution in [1.82, 2.24) is 14.7 Å². The third kappa shape index (κ3) is 3.35. The molecule has 6 rings (SSSR count). The first-order valence-electron chi connectivity index (χ1n) is 13.5. The Bertz CT molecular complexity index is 1430. The fourth-order valence-electron chi connectivity index (χ4n) is 7.81. The maximum atomic E-state index is 14.1. The summed E-state index contributed by atoms with van der Waals surface area (Å²) in [6.07, 6.45) is 0.312. The highest BCUT2D eigenvalue weighted by Gasteiger charge is 2.65. The normalized spacial score (nSPS) is 34.9. The van der Waals surface area contributed by atoms with Crippen LogP contribution in [0.15, 0.2) is 23.0 Å². The van der Waals surface area contributed by atoms with Crippen molar-refractivity contribution in [3.8, 4) is 11.5 Å². The first-order chi connectivity index (χ1) is 18.9. The van der Waals surface area contributed by atoms with Gasteiger partial charge in [-0.05, 0) is 52.9 Å². The summed E-state index contributed by atoms with van der Waals surface area (Å²) < 4.78 is 11.5. The molecule has 3 unspecified atom stereocenters. The number of benzene rings is 1. The summed E-state index contributed by atoms with van der Waals surface area (Å²) in [5.41, 5.74) is -1.61. The molecule has 1 saturated carbocycles. The minimum atomic E-state index is -2.57. The quantitative estimate of drug-likeness (QED) is 0.271. The molecular formula is C29H35N3O8. The monoisotopic (exact) mass is 553 g/mol. The molecule has 214 valence electrons. The number of carbonyl (C=O) groups is 3. The van der Waals surface area contributed by atoms with Crippen LogP contribution < -0.4 is 4.74 Å². The molecule has 3 aliphatic carbocycles. The minimum absolute atomic E-state index is 0.0672. The number of ketones is 3. The highest BCUT2D eigenvalue weighted by atomic mass is 16.5. The number of phenols is 1. The summed E-state index contributed by atoms with van der Waals surface area (Å²) >= 11 is 0. The highest BCUT2D eigenvalue weighted by Crippen LogP contribution is 2.55. The summed E-state index contributed by atoms with van der Waals surface area (Å²) in [5.74, 6) is -4.14. The third-order valence-electron chi connectivity index (χ3n) is 9.47. The molecule has 7 atom stereocenters. The largest absolute Gasteiger partial charge is 0.507 e. The van der Waals surface area contributed by atoms with Gasteiger partial charge < -0.3 is 24.8 Å². The lowest BCUT2D eigenvalue weighted by atomic mass is 9.57. The summed E-state index contributed by atoms with van der Waals surface area (Å²) in [7, 11) is 8.38. The Kier molecular flexibility index (Phi) is 5.98. The molecule has 1 aromatic carbocycles. The standard InChI is InChI=1S/C29H35N3O8/c1-12(33)19-25(40-6)22(30(2)3)17-8-13-7-15-21(23(35)20(13)27(37)29(17,38)26(19)36)18(34)9-16(24(15)39-5)28-31(4)10-14-11-32(14)28/h9,13-14,17,22,28,34-35,38H,7-8,10-11H2,1-6H3/t13-,14?,17-,22-,28?,29+,32?/m0/s1. The van der Waals surface area contributed by atoms with Crippen molar-refractivity contribution in [1.29, 1.82) is 0 Å². The van der Waals surface area contributed by atoms with Gasteiger partial charge in [-0.15, -0.1) is 0 Å². The number of rotatable bonds is 5. The van der Waals surface area contributed by atoms with Crippen LogP contribution in [-0.4, -0.2) is 114 Å². The number of hydrogen-bond acceptors (Lipinski definition) is 11. The number of fused-ring (bicyclic) bond motifs is 4. The number of hydrogen-bond donors (Lipinski definition) is 3. The Labute approximate surface area is 232 Å². The highest BCUT2D eigenvalue weighted by molar-refractivity contribution is 6.33. The SMILES string of the molecule is COC1=C(C(C)=O)C(=O)[C@@]2(O)C(=O)C3=C(O)c4c(O)cc(C5N(C)CC6CN65)c(OC)c4C[C@H]3C[C@H]2[C@@H]1N(C)C. The van der Waals surface area contributed by atoms with Crippen molar-refractivity contribution in [3.63, 3.8) is 0 Å². The maximum absolute atomic E-state index is 14.1. The molecule has 2 aliphatic heterocycles. The Morgan fingerprint density at radius 1 is 1.12 bits per heavy atom. The van der Waals surface area contributed by atoms with E-state index in [9.17, 15) is 29.7 Å². The number of nitrogens with zero attached hydrogens (tertiary/aromatic N) is 3. The van der Waals surface area contributed by atoms with E-state index in [1.807, 2.05) is 7.05 Å². The summed E-state index contributed by atoms with van der Waals surface area (Å²) in [4.78, 5) is 46.6. The molecule has 5 aliphatic rings. The Balaban J connectivity index is 1.52. The van der Waals surface area contributed by atoms with Gasteiger partial charge in [-0.3, -0.25) is 29.1 Å². The molecule has 0 radical (unpaired) electrons. The van der Waals surface area contributed by atoms with Crippen molar-refractivity contribution in [2.45, 2.75) is 43.6 Å². The second-order valence-electron chi connectivity index (χ2n) is 11.9. The van der Waals surface area contributed by atoms with E-state index < -0.39 is 46.6 Å². The van der Waals surface area contributed by atoms with Gasteiger partial charge in [0.05, 0.1) is 32.0 Å². The molecule has 0 bridgehead atoms. The lowest BCUT2D eigenvalue weighted by Crippen LogP contribution is -2.66. The van der Waals surface area contributed by atoms with Crippen molar-refractivity contribution >= 4 is 23.1 Å². The summed E-state index contributed by atoms with van der Waals surface area (Å²) in [6.45, 7) is 3.05. The zero-order chi connectivity index (χ0) is 29.0. The van der Waals surface area contributed by atoms with E-state index in [0.717, 1.165) is 18.7 Å². The van der Waals surface area contributed by atoms with Gasteiger partial charge in [0.25, 0.3) is 0 Å². The molecule has 40 heavy (non-hydrogen) atoms. The van der Waals surface area contributed by atoms with E-state index in [-0.39, 0.29) is 47.2 Å². The number of methoxy groups -OCH3 is 2. The van der Waals surface area contributed by atoms with E-state index in [1.165, 1.54) is 14.0 Å². The smallest absolute Gasteiger partial charge is 0.209 e. The van der Waals surface area contributed by atoms with Gasteiger partial charge in [0, 0.05) is 41.7 Å². The lowest BCUT2D eigenvalue weighted by Gasteiger charge is -2.50. The maximum Gasteiger partial charge on any atom is 0.209 e. The number of aliphatic hydroxyl groups is 2. The van der Waals surface area contributed by atoms with Crippen LogP contribution in [0.3, 0.4) is 0 Å². The molecule has 2 saturated heterocycles. The molecular weight excluding hydrogens is 518 g/mol. The average Bonchev–Trinajstić information content (AvgIpc) is 3.55. The molecule has 2 heterocycles. The van der Waals surface area contributed by atoms with Crippen molar-refractivity contribution in [2.75, 3.05) is 48.5 Å². The second kappa shape index (κ2) is 8.87. The predicted octanol–water partition coefficient (Wildman–Crippen LogP) is 0.793. The Morgan fingerprint density at radius 2 is 1.82 bits per heavy atom. The minimum Gasteiger partial charge on any atom is -0.507 e. The van der Waals surface area contributed by atoms with E-state index >= 15 is 0 Å². The van der Waals surface area contributed by atoms with Crippen LogP contribution in [0.25, 0.3) is 5.76 Å². The van der Waals surface area contributed by atoms with Crippen LogP contribution >= 0.6 is 0 Å². The van der Waals surface area contributed by atoms with Gasteiger partial charge in [-0.25, -0.2) is 0 Å². The molecule has 11 heteroatoms. The number of Topliss-reactive ketones (excluding diaryl/α,β-unsaturated/α-hetero) is 3. The predicted molar refractivity (Wildman–Crippen MR) is 143 cm³/mol. The first-order valence-corrected chi connectivity index (χ1v) is 13.5. The number of aromatic hydroxyl groups is 1. The fourth-order valence-corrected chi connectivity index (χ4v) is 7.81. The number of ether oxygens (including phenoxy) is 2. The molecule has 0 aromatic heterocycles. The van der Waals surface area contributed by atoms with Crippen molar-refractivity contribution < 1.29 is 39.2 Å². The van der Waals surface area contributed by atoms with Crippen molar-refractivity contribution in [3.05, 3.63) is 39.7 Å². The second-order valence-corrected chi connectivity index (χ2v) is 11.9. The van der Waals surface area contributed by atoms with E-state index in [2.05, 4.69) is 9.80 Å². The van der Waals surface area contributed by atoms with E-state index in [1.54, 1.807) is 32.2 Å². The van der Waals surface area contributed by atoms with E-state index in [4.69, 9.17) is 9.47 Å². The van der Waals surface area contributed by atoms with Crippen LogP contribution in [0.5, 0.6) is 11.5 Å². The van der Waals surface area contributed by atoms with Gasteiger partial charge in [0.15, 0.2) is 11.4 Å². The lowest BCUT2D eigenvalue weighted by molar-refractivity contribution is -0.162. The number of phenolic OH excluding ortho intramolecular Hbond substituents is 1. The Hall–Kier alpha value is -3.25. The number of carbonyl (C=O) groups excluding carboxylic acids is 3. The molecule has 3 fully saturated rings. The van der Waals surface area contributed by atoms with Gasteiger partial charge >= 0.3 is 0 Å². The topological polar surface area (TPSA) is 140 Å². The molecule has 3 N–H and O–H groups in total. The van der Waals surface area contributed by atoms with Gasteiger partial charge in [0.2, 0.25) is 11.6 Å². The Morgan fingerprint density at radius 3 is 2.38 bits per heavy atom. The molecule has 0 amide bonds. The summed E-state index contributed by atoms with van der Waals surface area (Å²) in [6, 6.07) is 1.28. The molecule has 1 aromatic rings. The molecule has 11 nitrogen and oxygen atoms in total. The number of likely N-dealkylation sites (N-methyl/N-ethyl adjacent to an activating group) is 2. The van der Waals surface area contributed by atoms with Crippen LogP contribution in [0, 0.1) is 11.8 Å². The van der Waals surface area contributed by atoms with Crippen LogP contribution in [0.4, 0.5) is 0 Å². The third-order valence-corrected chi connectivity index (χ3v) is 9.47. The van der Waals surface area contributed by atoms with Crippen LogP contribution in [0.2, 0.25) is 0 Å².